The summed E-state index contributed by atoms with van der Waals surface area (Å²) in [6.45, 7) is 1.99. The monoisotopic (exact) mass is 324 g/mol. The SMILES string of the molecule is Cc1ccc(C#N)s1.N#Cc1ccc(CBr)s1. The summed E-state index contributed by atoms with van der Waals surface area (Å²) < 4.78 is 0. The third-order valence-electron chi connectivity index (χ3n) is 1.75. The van der Waals surface area contributed by atoms with E-state index in [-0.39, 0.29) is 0 Å². The molecule has 5 heteroatoms. The zero-order valence-electron chi connectivity index (χ0n) is 9.11. The summed E-state index contributed by atoms with van der Waals surface area (Å²) in [6.07, 6.45) is 0. The molecule has 0 aliphatic carbocycles. The lowest BCUT2D eigenvalue weighted by Crippen LogP contribution is -1.58. The maximum absolute atomic E-state index is 8.39. The molecule has 0 atom stereocenters. The summed E-state index contributed by atoms with van der Waals surface area (Å²) in [6, 6.07) is 11.7. The van der Waals surface area contributed by atoms with Crippen LogP contribution in [-0.2, 0) is 5.33 Å². The van der Waals surface area contributed by atoms with Crippen molar-refractivity contribution in [2.45, 2.75) is 12.3 Å². The molecular formula is C12H9BrN2S2. The normalized spacial score (nSPS) is 8.71. The van der Waals surface area contributed by atoms with Crippen molar-refractivity contribution in [2.24, 2.45) is 0 Å². The Labute approximate surface area is 117 Å². The first-order chi connectivity index (χ1) is 8.19. The van der Waals surface area contributed by atoms with Crippen LogP contribution in [0.15, 0.2) is 24.3 Å². The highest BCUT2D eigenvalue weighted by Crippen LogP contribution is 2.17. The highest BCUT2D eigenvalue weighted by Gasteiger charge is 1.94. The summed E-state index contributed by atoms with van der Waals surface area (Å²) in [4.78, 5) is 3.97. The molecule has 0 bridgehead atoms. The summed E-state index contributed by atoms with van der Waals surface area (Å²) in [5.74, 6) is 0. The van der Waals surface area contributed by atoms with Crippen molar-refractivity contribution < 1.29 is 0 Å². The van der Waals surface area contributed by atoms with Crippen molar-refractivity contribution in [3.8, 4) is 12.1 Å². The topological polar surface area (TPSA) is 47.6 Å². The van der Waals surface area contributed by atoms with Gasteiger partial charge in [0.05, 0.1) is 0 Å². The number of nitriles is 2. The maximum Gasteiger partial charge on any atom is 0.110 e. The number of alkyl halides is 1. The number of rotatable bonds is 1. The van der Waals surface area contributed by atoms with E-state index >= 15 is 0 Å². The van der Waals surface area contributed by atoms with Crippen LogP contribution in [0.1, 0.15) is 19.5 Å². The Balaban J connectivity index is 0.000000171. The van der Waals surface area contributed by atoms with Gasteiger partial charge in [-0.15, -0.1) is 22.7 Å². The molecule has 0 saturated heterocycles. The van der Waals surface area contributed by atoms with E-state index in [1.165, 1.54) is 32.4 Å². The Morgan fingerprint density at radius 1 is 1.06 bits per heavy atom. The van der Waals surface area contributed by atoms with Crippen LogP contribution in [0, 0.1) is 29.6 Å². The van der Waals surface area contributed by atoms with E-state index in [9.17, 15) is 0 Å². The highest BCUT2D eigenvalue weighted by molar-refractivity contribution is 9.08. The van der Waals surface area contributed by atoms with E-state index < -0.39 is 0 Å². The predicted octanol–water partition coefficient (Wildman–Crippen LogP) is 4.44. The number of hydrogen-bond acceptors (Lipinski definition) is 4. The summed E-state index contributed by atoms with van der Waals surface area (Å²) >= 11 is 6.35. The van der Waals surface area contributed by atoms with Crippen molar-refractivity contribution in [1.82, 2.24) is 0 Å². The number of hydrogen-bond donors (Lipinski definition) is 0. The number of aryl methyl sites for hydroxylation is 1. The first-order valence-electron chi connectivity index (χ1n) is 4.71. The molecule has 0 aromatic carbocycles. The third kappa shape index (κ3) is 4.70. The molecule has 0 saturated carbocycles. The largest absolute Gasteiger partial charge is 0.192 e. The van der Waals surface area contributed by atoms with Gasteiger partial charge in [0, 0.05) is 15.1 Å². The lowest BCUT2D eigenvalue weighted by Gasteiger charge is -1.78. The van der Waals surface area contributed by atoms with Gasteiger partial charge < -0.3 is 0 Å². The van der Waals surface area contributed by atoms with Crippen LogP contribution in [-0.4, -0.2) is 0 Å². The van der Waals surface area contributed by atoms with Gasteiger partial charge in [0.15, 0.2) is 0 Å². The van der Waals surface area contributed by atoms with Gasteiger partial charge in [0.2, 0.25) is 0 Å². The lowest BCUT2D eigenvalue weighted by molar-refractivity contribution is 1.52. The molecule has 2 aromatic rings. The first kappa shape index (κ1) is 13.9. The summed E-state index contributed by atoms with van der Waals surface area (Å²) in [7, 11) is 0. The molecular weight excluding hydrogens is 316 g/mol. The Hall–Kier alpha value is -1.14. The van der Waals surface area contributed by atoms with E-state index in [1.54, 1.807) is 0 Å². The predicted molar refractivity (Wildman–Crippen MR) is 75.4 cm³/mol. The molecule has 0 unspecified atom stereocenters. The van der Waals surface area contributed by atoms with Gasteiger partial charge in [0.25, 0.3) is 0 Å². The average Bonchev–Trinajstić information content (AvgIpc) is 2.97. The molecule has 2 nitrogen and oxygen atoms in total. The molecule has 0 aliphatic rings. The van der Waals surface area contributed by atoms with Gasteiger partial charge >= 0.3 is 0 Å². The third-order valence-corrected chi connectivity index (χ3v) is 4.62. The minimum absolute atomic E-state index is 0.782. The zero-order valence-corrected chi connectivity index (χ0v) is 12.3. The fourth-order valence-electron chi connectivity index (χ4n) is 1.00. The molecule has 0 N–H and O–H groups in total. The van der Waals surface area contributed by atoms with E-state index in [2.05, 4.69) is 28.1 Å². The van der Waals surface area contributed by atoms with Crippen LogP contribution in [0.2, 0.25) is 0 Å². The minimum atomic E-state index is 0.782. The zero-order chi connectivity index (χ0) is 12.7. The Morgan fingerprint density at radius 3 is 1.94 bits per heavy atom. The maximum atomic E-state index is 8.39. The van der Waals surface area contributed by atoms with Crippen molar-refractivity contribution in [1.29, 1.82) is 10.5 Å². The van der Waals surface area contributed by atoms with Crippen molar-refractivity contribution >= 4 is 38.6 Å². The van der Waals surface area contributed by atoms with Crippen LogP contribution in [0.4, 0.5) is 0 Å². The second-order valence-corrected chi connectivity index (χ2v) is 6.05. The van der Waals surface area contributed by atoms with Gasteiger partial charge in [-0.1, -0.05) is 15.9 Å². The van der Waals surface area contributed by atoms with Crippen LogP contribution in [0.25, 0.3) is 0 Å². The Morgan fingerprint density at radius 2 is 1.65 bits per heavy atom. The van der Waals surface area contributed by atoms with Crippen LogP contribution >= 0.6 is 38.6 Å². The second-order valence-electron chi connectivity index (χ2n) is 3.03. The fourth-order valence-corrected chi connectivity index (χ4v) is 2.85. The standard InChI is InChI=1S/C6H4BrNS.C6H5NS/c7-3-5-1-2-6(4-8)9-5;1-5-2-3-6(4-7)8-5/h1-2H,3H2;2-3H,1H3. The van der Waals surface area contributed by atoms with Gasteiger partial charge in [-0.25, -0.2) is 0 Å². The molecule has 17 heavy (non-hydrogen) atoms. The summed E-state index contributed by atoms with van der Waals surface area (Å²) in [5.41, 5.74) is 0. The number of halogens is 1. The van der Waals surface area contributed by atoms with Crippen LogP contribution in [0.3, 0.4) is 0 Å². The molecule has 2 heterocycles. The van der Waals surface area contributed by atoms with E-state index in [1.807, 2.05) is 31.2 Å². The lowest BCUT2D eigenvalue weighted by atomic mass is 10.5. The van der Waals surface area contributed by atoms with E-state index in [0.29, 0.717) is 0 Å². The van der Waals surface area contributed by atoms with Crippen molar-refractivity contribution in [2.75, 3.05) is 0 Å². The molecule has 0 amide bonds. The number of nitrogens with zero attached hydrogens (tertiary/aromatic N) is 2. The number of thiophene rings is 2. The van der Waals surface area contributed by atoms with E-state index in [4.69, 9.17) is 10.5 Å². The molecule has 2 aromatic heterocycles. The fraction of sp³-hybridized carbons (Fsp3) is 0.167. The molecule has 0 radical (unpaired) electrons. The summed E-state index contributed by atoms with van der Waals surface area (Å²) in [5, 5.41) is 17.5. The van der Waals surface area contributed by atoms with Gasteiger partial charge in [-0.3, -0.25) is 0 Å². The molecule has 86 valence electrons. The van der Waals surface area contributed by atoms with Gasteiger partial charge in [0.1, 0.15) is 21.9 Å². The highest BCUT2D eigenvalue weighted by atomic mass is 79.9. The second kappa shape index (κ2) is 7.24. The molecule has 0 fully saturated rings. The minimum Gasteiger partial charge on any atom is -0.192 e. The van der Waals surface area contributed by atoms with E-state index in [0.717, 1.165) is 15.1 Å². The average molecular weight is 325 g/mol. The quantitative estimate of drug-likeness (QED) is 0.728. The van der Waals surface area contributed by atoms with Gasteiger partial charge in [-0.05, 0) is 31.2 Å². The Bertz CT molecular complexity index is 558. The Kier molecular flexibility index (Phi) is 5.93. The molecule has 0 spiro atoms. The van der Waals surface area contributed by atoms with Crippen molar-refractivity contribution in [3.63, 3.8) is 0 Å². The molecule has 0 aliphatic heterocycles. The smallest absolute Gasteiger partial charge is 0.110 e. The first-order valence-corrected chi connectivity index (χ1v) is 7.46. The molecule has 2 rings (SSSR count). The van der Waals surface area contributed by atoms with Crippen molar-refractivity contribution in [3.05, 3.63) is 43.8 Å². The van der Waals surface area contributed by atoms with Crippen LogP contribution in [0.5, 0.6) is 0 Å². The van der Waals surface area contributed by atoms with Gasteiger partial charge in [-0.2, -0.15) is 10.5 Å². The van der Waals surface area contributed by atoms with Crippen LogP contribution < -0.4 is 0 Å².